The van der Waals surface area contributed by atoms with Crippen LogP contribution in [0.1, 0.15) is 26.8 Å². The summed E-state index contributed by atoms with van der Waals surface area (Å²) in [7, 11) is 0. The molecule has 2 aromatic rings. The molecule has 0 spiro atoms. The maximum Gasteiger partial charge on any atom is 0.242 e. The standard InChI is InChI=1S/C17H25N7O/c1-13(2)24-15(4-5-20-24)21-17(25)14(3)22-8-10-23(11-9-22)16-12-18-6-7-19-16/h4-7,12-14H,8-11H2,1-3H3,(H,21,25)/t14-/m1/s1. The minimum atomic E-state index is -0.195. The highest BCUT2D eigenvalue weighted by Gasteiger charge is 2.26. The summed E-state index contributed by atoms with van der Waals surface area (Å²) in [6.45, 7) is 9.32. The van der Waals surface area contributed by atoms with Crippen LogP contribution in [0, 0.1) is 0 Å². The van der Waals surface area contributed by atoms with Crippen molar-refractivity contribution in [1.29, 1.82) is 0 Å². The number of amides is 1. The molecule has 0 bridgehead atoms. The van der Waals surface area contributed by atoms with Gasteiger partial charge in [-0.1, -0.05) is 0 Å². The highest BCUT2D eigenvalue weighted by molar-refractivity contribution is 5.93. The van der Waals surface area contributed by atoms with Crippen molar-refractivity contribution >= 4 is 17.5 Å². The maximum atomic E-state index is 12.6. The molecule has 1 saturated heterocycles. The van der Waals surface area contributed by atoms with Gasteiger partial charge in [0.1, 0.15) is 11.6 Å². The molecule has 1 fully saturated rings. The number of aromatic nitrogens is 4. The van der Waals surface area contributed by atoms with Gasteiger partial charge in [-0.3, -0.25) is 14.7 Å². The molecule has 1 N–H and O–H groups in total. The summed E-state index contributed by atoms with van der Waals surface area (Å²) in [6.07, 6.45) is 6.86. The lowest BCUT2D eigenvalue weighted by atomic mass is 10.2. The zero-order valence-electron chi connectivity index (χ0n) is 15.0. The third kappa shape index (κ3) is 3.96. The van der Waals surface area contributed by atoms with Crippen molar-refractivity contribution in [3.63, 3.8) is 0 Å². The van der Waals surface area contributed by atoms with Gasteiger partial charge < -0.3 is 10.2 Å². The fourth-order valence-corrected chi connectivity index (χ4v) is 3.01. The zero-order valence-corrected chi connectivity index (χ0v) is 15.0. The van der Waals surface area contributed by atoms with E-state index in [9.17, 15) is 4.79 Å². The van der Waals surface area contributed by atoms with Gasteiger partial charge in [-0.2, -0.15) is 5.10 Å². The molecule has 2 aromatic heterocycles. The minimum Gasteiger partial charge on any atom is -0.353 e. The van der Waals surface area contributed by atoms with E-state index in [1.807, 2.05) is 31.5 Å². The predicted molar refractivity (Wildman–Crippen MR) is 96.5 cm³/mol. The Balaban J connectivity index is 1.56. The van der Waals surface area contributed by atoms with Gasteiger partial charge >= 0.3 is 0 Å². The van der Waals surface area contributed by atoms with Crippen molar-refractivity contribution < 1.29 is 4.79 Å². The molecule has 8 heteroatoms. The number of anilines is 2. The Morgan fingerprint density at radius 2 is 1.88 bits per heavy atom. The number of piperazine rings is 1. The lowest BCUT2D eigenvalue weighted by Gasteiger charge is -2.37. The van der Waals surface area contributed by atoms with Crippen molar-refractivity contribution in [1.82, 2.24) is 24.6 Å². The predicted octanol–water partition coefficient (Wildman–Crippen LogP) is 1.40. The lowest BCUT2D eigenvalue weighted by molar-refractivity contribution is -0.120. The molecule has 3 heterocycles. The molecule has 1 atom stereocenters. The second kappa shape index (κ2) is 7.60. The molecule has 1 amide bonds. The van der Waals surface area contributed by atoms with Crippen LogP contribution in [-0.2, 0) is 4.79 Å². The van der Waals surface area contributed by atoms with E-state index in [1.54, 1.807) is 24.8 Å². The summed E-state index contributed by atoms with van der Waals surface area (Å²) < 4.78 is 1.82. The number of hydrogen-bond donors (Lipinski definition) is 1. The second-order valence-electron chi connectivity index (χ2n) is 6.51. The van der Waals surface area contributed by atoms with Gasteiger partial charge in [0.25, 0.3) is 0 Å². The first-order valence-corrected chi connectivity index (χ1v) is 8.65. The largest absolute Gasteiger partial charge is 0.353 e. The Kier molecular flexibility index (Phi) is 5.28. The van der Waals surface area contributed by atoms with Crippen molar-refractivity contribution in [3.8, 4) is 0 Å². The van der Waals surface area contributed by atoms with Crippen LogP contribution in [0.2, 0.25) is 0 Å². The van der Waals surface area contributed by atoms with E-state index in [2.05, 4.69) is 30.2 Å². The fraction of sp³-hybridized carbons (Fsp3) is 0.529. The number of hydrogen-bond acceptors (Lipinski definition) is 6. The summed E-state index contributed by atoms with van der Waals surface area (Å²) in [5.74, 6) is 1.63. The number of nitrogens with zero attached hydrogens (tertiary/aromatic N) is 6. The SMILES string of the molecule is CC(C)n1nccc1NC(=O)[C@@H](C)N1CCN(c2cnccn2)CC1. The average Bonchev–Trinajstić information content (AvgIpc) is 3.10. The van der Waals surface area contributed by atoms with Gasteiger partial charge in [0.15, 0.2) is 0 Å². The monoisotopic (exact) mass is 343 g/mol. The van der Waals surface area contributed by atoms with E-state index in [4.69, 9.17) is 0 Å². The van der Waals surface area contributed by atoms with Gasteiger partial charge in [0.05, 0.1) is 18.4 Å². The summed E-state index contributed by atoms with van der Waals surface area (Å²) in [6, 6.07) is 1.84. The van der Waals surface area contributed by atoms with Gasteiger partial charge in [0.2, 0.25) is 5.91 Å². The van der Waals surface area contributed by atoms with Crippen LogP contribution in [0.15, 0.2) is 30.9 Å². The molecule has 0 radical (unpaired) electrons. The Hall–Kier alpha value is -2.48. The second-order valence-corrected chi connectivity index (χ2v) is 6.51. The molecule has 8 nitrogen and oxygen atoms in total. The van der Waals surface area contributed by atoms with Crippen molar-refractivity contribution in [2.75, 3.05) is 36.4 Å². The van der Waals surface area contributed by atoms with Gasteiger partial charge in [-0.25, -0.2) is 9.67 Å². The Labute approximate surface area is 147 Å². The average molecular weight is 343 g/mol. The third-order valence-corrected chi connectivity index (χ3v) is 4.53. The van der Waals surface area contributed by atoms with Crippen LogP contribution in [0.4, 0.5) is 11.6 Å². The fourth-order valence-electron chi connectivity index (χ4n) is 3.01. The van der Waals surface area contributed by atoms with E-state index in [-0.39, 0.29) is 18.0 Å². The molecular formula is C17H25N7O. The van der Waals surface area contributed by atoms with Crippen LogP contribution in [0.5, 0.6) is 0 Å². The molecule has 25 heavy (non-hydrogen) atoms. The van der Waals surface area contributed by atoms with Crippen LogP contribution >= 0.6 is 0 Å². The number of nitrogens with one attached hydrogen (secondary N) is 1. The van der Waals surface area contributed by atoms with Crippen LogP contribution < -0.4 is 10.2 Å². The molecule has 0 unspecified atom stereocenters. The molecule has 0 saturated carbocycles. The summed E-state index contributed by atoms with van der Waals surface area (Å²) in [5, 5.41) is 7.25. The quantitative estimate of drug-likeness (QED) is 0.884. The summed E-state index contributed by atoms with van der Waals surface area (Å²) in [4.78, 5) is 25.5. The van der Waals surface area contributed by atoms with Gasteiger partial charge in [-0.05, 0) is 20.8 Å². The van der Waals surface area contributed by atoms with Crippen LogP contribution in [0.25, 0.3) is 0 Å². The highest BCUT2D eigenvalue weighted by atomic mass is 16.2. The van der Waals surface area contributed by atoms with Gasteiger partial charge in [-0.15, -0.1) is 0 Å². The summed E-state index contributed by atoms with van der Waals surface area (Å²) >= 11 is 0. The minimum absolute atomic E-state index is 0.00430. The molecule has 1 aliphatic rings. The van der Waals surface area contributed by atoms with Crippen molar-refractivity contribution in [2.45, 2.75) is 32.9 Å². The van der Waals surface area contributed by atoms with Crippen molar-refractivity contribution in [2.24, 2.45) is 0 Å². The van der Waals surface area contributed by atoms with E-state index in [0.717, 1.165) is 37.8 Å². The Bertz CT molecular complexity index is 692. The Morgan fingerprint density at radius 1 is 1.12 bits per heavy atom. The number of rotatable bonds is 5. The molecule has 0 aromatic carbocycles. The lowest BCUT2D eigenvalue weighted by Crippen LogP contribution is -2.53. The van der Waals surface area contributed by atoms with E-state index in [0.29, 0.717) is 0 Å². The van der Waals surface area contributed by atoms with E-state index < -0.39 is 0 Å². The first-order chi connectivity index (χ1) is 12.1. The van der Waals surface area contributed by atoms with Crippen molar-refractivity contribution in [3.05, 3.63) is 30.9 Å². The van der Waals surface area contributed by atoms with Crippen LogP contribution in [-0.4, -0.2) is 62.8 Å². The smallest absolute Gasteiger partial charge is 0.242 e. The maximum absolute atomic E-state index is 12.6. The molecular weight excluding hydrogens is 318 g/mol. The molecule has 1 aliphatic heterocycles. The first kappa shape index (κ1) is 17.3. The van der Waals surface area contributed by atoms with Crippen LogP contribution in [0.3, 0.4) is 0 Å². The Morgan fingerprint density at radius 3 is 2.52 bits per heavy atom. The van der Waals surface area contributed by atoms with E-state index in [1.165, 1.54) is 0 Å². The summed E-state index contributed by atoms with van der Waals surface area (Å²) in [5.41, 5.74) is 0. The van der Waals surface area contributed by atoms with Gasteiger partial charge in [0, 0.05) is 50.7 Å². The normalized spacial score (nSPS) is 16.9. The first-order valence-electron chi connectivity index (χ1n) is 8.65. The highest BCUT2D eigenvalue weighted by Crippen LogP contribution is 2.16. The van der Waals surface area contributed by atoms with E-state index >= 15 is 0 Å². The molecule has 134 valence electrons. The number of carbonyl (C=O) groups excluding carboxylic acids is 1. The third-order valence-electron chi connectivity index (χ3n) is 4.53. The number of carbonyl (C=O) groups is 1. The molecule has 3 rings (SSSR count). The molecule has 0 aliphatic carbocycles. The zero-order chi connectivity index (χ0) is 17.8. The topological polar surface area (TPSA) is 79.2 Å².